The number of benzene rings is 1. The molecule has 1 aliphatic heterocycles. The summed E-state index contributed by atoms with van der Waals surface area (Å²) in [5.41, 5.74) is 0.698. The first-order valence-electron chi connectivity index (χ1n) is 6.95. The van der Waals surface area contributed by atoms with Crippen LogP contribution in [0.4, 0.5) is 0 Å². The lowest BCUT2D eigenvalue weighted by atomic mass is 9.81. The lowest BCUT2D eigenvalue weighted by Gasteiger charge is -2.28. The van der Waals surface area contributed by atoms with Crippen molar-refractivity contribution in [2.45, 2.75) is 12.0 Å². The van der Waals surface area contributed by atoms with Crippen molar-refractivity contribution in [1.82, 2.24) is 5.32 Å². The molecule has 1 saturated heterocycles. The summed E-state index contributed by atoms with van der Waals surface area (Å²) in [7, 11) is 0. The number of nitrogens with zero attached hydrogens (tertiary/aromatic N) is 2. The van der Waals surface area contributed by atoms with Crippen molar-refractivity contribution in [3.8, 4) is 0 Å². The van der Waals surface area contributed by atoms with Crippen LogP contribution >= 0.6 is 11.6 Å². The zero-order chi connectivity index (χ0) is 16.4. The fourth-order valence-electron chi connectivity index (χ4n) is 2.75. The number of amides is 2. The smallest absolute Gasteiger partial charge is 0.296 e. The quantitative estimate of drug-likeness (QED) is 0.395. The molecule has 0 spiro atoms. The van der Waals surface area contributed by atoms with E-state index in [9.17, 15) is 15.0 Å². The molecule has 6 heteroatoms. The van der Waals surface area contributed by atoms with Crippen LogP contribution in [0.1, 0.15) is 17.5 Å². The summed E-state index contributed by atoms with van der Waals surface area (Å²) in [5.74, 6) is 0.194. The van der Waals surface area contributed by atoms with Crippen LogP contribution in [-0.4, -0.2) is 17.7 Å². The molecule has 2 aromatic rings. The van der Waals surface area contributed by atoms with Crippen molar-refractivity contribution in [3.05, 3.63) is 76.4 Å². The molecule has 0 aliphatic carbocycles. The Labute approximate surface area is 137 Å². The normalized spacial score (nSPS) is 20.8. The molecular weight excluding hydrogens is 314 g/mol. The van der Waals surface area contributed by atoms with Crippen LogP contribution < -0.4 is 9.88 Å². The van der Waals surface area contributed by atoms with Crippen molar-refractivity contribution in [1.29, 1.82) is 0 Å². The molecular formula is C17H12ClN3O2. The van der Waals surface area contributed by atoms with Crippen LogP contribution in [0, 0.1) is 0 Å². The minimum atomic E-state index is -0.718. The molecule has 23 heavy (non-hydrogen) atoms. The number of aromatic nitrogens is 1. The molecule has 2 atom stereocenters. The van der Waals surface area contributed by atoms with Crippen LogP contribution in [0.2, 0.25) is 5.02 Å². The van der Waals surface area contributed by atoms with E-state index in [2.05, 4.69) is 5.32 Å². The topological polar surface area (TPSA) is 72.3 Å². The third kappa shape index (κ3) is 2.80. The first-order valence-corrected chi connectivity index (χ1v) is 7.33. The molecule has 1 aromatic heterocycles. The molecule has 1 aliphatic rings. The SMILES string of the molecule is [N-]=C=C1C(=O)NC(=O)[C@@H]([n+]2ccccc2)[C@@H]1c1ccc(Cl)cc1. The van der Waals surface area contributed by atoms with Gasteiger partial charge in [0.1, 0.15) is 0 Å². The second-order valence-corrected chi connectivity index (χ2v) is 5.58. The van der Waals surface area contributed by atoms with E-state index >= 15 is 0 Å². The summed E-state index contributed by atoms with van der Waals surface area (Å²) in [5, 5.41) is 12.2. The van der Waals surface area contributed by atoms with Crippen molar-refractivity contribution < 1.29 is 14.2 Å². The molecule has 114 valence electrons. The number of pyridine rings is 1. The number of halogens is 1. The van der Waals surface area contributed by atoms with Crippen LogP contribution in [-0.2, 0) is 9.59 Å². The van der Waals surface area contributed by atoms with Crippen molar-refractivity contribution >= 4 is 29.3 Å². The first-order chi connectivity index (χ1) is 11.1. The lowest BCUT2D eigenvalue weighted by molar-refractivity contribution is -0.711. The van der Waals surface area contributed by atoms with Crippen molar-refractivity contribution in [3.63, 3.8) is 0 Å². The average Bonchev–Trinajstić information content (AvgIpc) is 2.56. The summed E-state index contributed by atoms with van der Waals surface area (Å²) >= 11 is 5.91. The van der Waals surface area contributed by atoms with Gasteiger partial charge in [-0.15, -0.1) is 0 Å². The van der Waals surface area contributed by atoms with E-state index in [0.717, 1.165) is 0 Å². The fraction of sp³-hybridized carbons (Fsp3) is 0.118. The summed E-state index contributed by atoms with van der Waals surface area (Å²) in [6.45, 7) is 0. The Morgan fingerprint density at radius 1 is 1.09 bits per heavy atom. The minimum absolute atomic E-state index is 0.00766. The zero-order valence-electron chi connectivity index (χ0n) is 11.9. The van der Waals surface area contributed by atoms with Gasteiger partial charge in [0.25, 0.3) is 11.8 Å². The van der Waals surface area contributed by atoms with Gasteiger partial charge in [-0.05, 0) is 17.7 Å². The van der Waals surface area contributed by atoms with Gasteiger partial charge >= 0.3 is 0 Å². The molecule has 1 N–H and O–H groups in total. The van der Waals surface area contributed by atoms with Crippen LogP contribution in [0.15, 0.2) is 60.4 Å². The number of rotatable bonds is 2. The van der Waals surface area contributed by atoms with Gasteiger partial charge in [-0.25, -0.2) is 0 Å². The third-order valence-corrected chi connectivity index (χ3v) is 4.04. The van der Waals surface area contributed by atoms with Gasteiger partial charge in [-0.3, -0.25) is 20.8 Å². The molecule has 5 nitrogen and oxygen atoms in total. The van der Waals surface area contributed by atoms with Gasteiger partial charge in [0.15, 0.2) is 12.4 Å². The van der Waals surface area contributed by atoms with E-state index in [1.54, 1.807) is 53.4 Å². The summed E-state index contributed by atoms with van der Waals surface area (Å²) in [6, 6.07) is 11.5. The minimum Gasteiger partial charge on any atom is -0.763 e. The molecule has 0 unspecified atom stereocenters. The molecule has 0 saturated carbocycles. The summed E-state index contributed by atoms with van der Waals surface area (Å²) in [4.78, 5) is 24.5. The average molecular weight is 326 g/mol. The zero-order valence-corrected chi connectivity index (χ0v) is 12.7. The Morgan fingerprint density at radius 3 is 2.35 bits per heavy atom. The number of piperidine rings is 1. The maximum atomic E-state index is 12.4. The first kappa shape index (κ1) is 15.2. The predicted octanol–water partition coefficient (Wildman–Crippen LogP) is 1.77. The van der Waals surface area contributed by atoms with Gasteiger partial charge in [-0.2, -0.15) is 4.57 Å². The Bertz CT molecular complexity index is 811. The van der Waals surface area contributed by atoms with Crippen LogP contribution in [0.3, 0.4) is 0 Å². The molecule has 1 fully saturated rings. The van der Waals surface area contributed by atoms with Crippen LogP contribution in [0.5, 0.6) is 0 Å². The number of imide groups is 1. The number of hydrogen-bond donors (Lipinski definition) is 1. The Hall–Kier alpha value is -2.75. The Kier molecular flexibility index (Phi) is 4.06. The van der Waals surface area contributed by atoms with Gasteiger partial charge in [0.2, 0.25) is 6.04 Å². The van der Waals surface area contributed by atoms with E-state index in [-0.39, 0.29) is 5.57 Å². The number of hydrogen-bond acceptors (Lipinski definition) is 2. The standard InChI is InChI=1S/C17H12ClN3O2/c18-12-6-4-11(5-7-12)14-13(10-19)16(22)20-17(23)15(14)21-8-2-1-3-9-21/h1-9,14-15H,(H,20,22,23)/t14-,15+/m1/s1. The van der Waals surface area contributed by atoms with Crippen molar-refractivity contribution in [2.75, 3.05) is 0 Å². The Morgan fingerprint density at radius 2 is 1.74 bits per heavy atom. The monoisotopic (exact) mass is 325 g/mol. The summed E-state index contributed by atoms with van der Waals surface area (Å²) < 4.78 is 1.69. The van der Waals surface area contributed by atoms with Gasteiger partial charge in [0.05, 0.1) is 11.5 Å². The van der Waals surface area contributed by atoms with Gasteiger partial charge in [-0.1, -0.05) is 29.8 Å². The number of carbonyl (C=O) groups is 2. The maximum Gasteiger partial charge on any atom is 0.296 e. The van der Waals surface area contributed by atoms with E-state index in [4.69, 9.17) is 11.6 Å². The third-order valence-electron chi connectivity index (χ3n) is 3.79. The fourth-order valence-corrected chi connectivity index (χ4v) is 2.87. The molecule has 1 aromatic carbocycles. The predicted molar refractivity (Wildman–Crippen MR) is 84.9 cm³/mol. The highest BCUT2D eigenvalue weighted by Gasteiger charge is 2.46. The van der Waals surface area contributed by atoms with E-state index in [0.29, 0.717) is 10.6 Å². The van der Waals surface area contributed by atoms with Gasteiger partial charge in [0, 0.05) is 17.2 Å². The molecule has 2 amide bonds. The highest BCUT2D eigenvalue weighted by Crippen LogP contribution is 2.35. The second-order valence-electron chi connectivity index (χ2n) is 5.14. The highest BCUT2D eigenvalue weighted by atomic mass is 35.5. The number of nitrogens with one attached hydrogen (secondary N) is 1. The molecule has 0 bridgehead atoms. The molecule has 2 heterocycles. The largest absolute Gasteiger partial charge is 0.763 e. The Balaban J connectivity index is 2.17. The maximum absolute atomic E-state index is 12.4. The highest BCUT2D eigenvalue weighted by molar-refractivity contribution is 6.30. The number of carbonyl (C=O) groups excluding carboxylic acids is 2. The molecule has 3 rings (SSSR count). The molecule has 0 radical (unpaired) electrons. The summed E-state index contributed by atoms with van der Waals surface area (Å²) in [6.07, 6.45) is 3.47. The second kappa shape index (κ2) is 6.16. The lowest BCUT2D eigenvalue weighted by Crippen LogP contribution is -2.57. The van der Waals surface area contributed by atoms with E-state index < -0.39 is 23.8 Å². The van der Waals surface area contributed by atoms with Crippen molar-refractivity contribution in [2.24, 2.45) is 0 Å². The van der Waals surface area contributed by atoms with E-state index in [1.807, 2.05) is 11.9 Å². The van der Waals surface area contributed by atoms with Gasteiger partial charge < -0.3 is 5.41 Å². The van der Waals surface area contributed by atoms with E-state index in [1.165, 1.54) is 0 Å². The van der Waals surface area contributed by atoms with Crippen LogP contribution in [0.25, 0.3) is 5.41 Å².